The van der Waals surface area contributed by atoms with Crippen LogP contribution in [0.25, 0.3) is 0 Å². The number of hydrogen-bond donors (Lipinski definition) is 1. The van der Waals surface area contributed by atoms with Gasteiger partial charge in [-0.1, -0.05) is 29.3 Å². The van der Waals surface area contributed by atoms with Crippen LogP contribution in [0.4, 0.5) is 0 Å². The van der Waals surface area contributed by atoms with Crippen LogP contribution in [0.2, 0.25) is 0 Å². The molecule has 3 saturated carbocycles. The van der Waals surface area contributed by atoms with Crippen molar-refractivity contribution >= 4 is 21.7 Å². The van der Waals surface area contributed by atoms with Crippen molar-refractivity contribution in [1.82, 2.24) is 9.62 Å². The standard InChI is InChI=1S/C24H30N2O4S/c1-16-2-4-20(5-3-16)31(29,30)26-10-7-19(8-11-26)25-23(28)22(27)15-24-9-6-21-17(13-24)12-18(21)14-24/h2-6,17-19H,7-15H2,1H3,(H,25,28). The lowest BCUT2D eigenvalue weighted by Gasteiger charge is -2.58. The van der Waals surface area contributed by atoms with E-state index in [-0.39, 0.29) is 17.2 Å². The predicted octanol–water partition coefficient (Wildman–Crippen LogP) is 2.97. The van der Waals surface area contributed by atoms with Gasteiger partial charge in [-0.2, -0.15) is 4.31 Å². The zero-order valence-electron chi connectivity index (χ0n) is 18.0. The molecule has 1 amide bonds. The summed E-state index contributed by atoms with van der Waals surface area (Å²) in [6.45, 7) is 2.61. The molecule has 4 fully saturated rings. The van der Waals surface area contributed by atoms with Crippen LogP contribution in [0.5, 0.6) is 0 Å². The third-order valence-electron chi connectivity index (χ3n) is 7.88. The van der Waals surface area contributed by atoms with Crippen LogP contribution < -0.4 is 5.32 Å². The van der Waals surface area contributed by atoms with Crippen molar-refractivity contribution in [3.8, 4) is 0 Å². The molecule has 1 aromatic carbocycles. The van der Waals surface area contributed by atoms with Gasteiger partial charge in [-0.05, 0) is 74.8 Å². The molecule has 1 N–H and O–H groups in total. The van der Waals surface area contributed by atoms with Crippen molar-refractivity contribution in [2.75, 3.05) is 13.1 Å². The monoisotopic (exact) mass is 442 g/mol. The van der Waals surface area contributed by atoms with E-state index in [2.05, 4.69) is 11.4 Å². The summed E-state index contributed by atoms with van der Waals surface area (Å²) in [6.07, 6.45) is 8.02. The lowest BCUT2D eigenvalue weighted by Crippen LogP contribution is -2.50. The lowest BCUT2D eigenvalue weighted by atomic mass is 9.47. The Kier molecular flexibility index (Phi) is 5.09. The molecule has 4 bridgehead atoms. The van der Waals surface area contributed by atoms with Crippen molar-refractivity contribution in [2.24, 2.45) is 17.3 Å². The molecule has 31 heavy (non-hydrogen) atoms. The first-order chi connectivity index (χ1) is 14.8. The number of carbonyl (C=O) groups is 2. The zero-order valence-corrected chi connectivity index (χ0v) is 18.8. The number of aryl methyl sites for hydroxylation is 1. The van der Waals surface area contributed by atoms with Gasteiger partial charge in [0.1, 0.15) is 0 Å². The number of ketones is 1. The van der Waals surface area contributed by atoms with Crippen molar-refractivity contribution < 1.29 is 18.0 Å². The summed E-state index contributed by atoms with van der Waals surface area (Å²) in [6, 6.07) is 6.70. The average Bonchev–Trinajstić information content (AvgIpc) is 2.74. The maximum absolute atomic E-state index is 12.8. The summed E-state index contributed by atoms with van der Waals surface area (Å²) in [7, 11) is -3.53. The molecule has 0 aromatic heterocycles. The summed E-state index contributed by atoms with van der Waals surface area (Å²) >= 11 is 0. The highest BCUT2D eigenvalue weighted by Gasteiger charge is 2.53. The SMILES string of the molecule is Cc1ccc(S(=O)(=O)N2CCC(NC(=O)C(=O)CC34CC=C5C(CC5C3)C4)CC2)cc1. The van der Waals surface area contributed by atoms with Crippen molar-refractivity contribution in [1.29, 1.82) is 0 Å². The number of sulfonamides is 1. The molecule has 2 atom stereocenters. The number of nitrogens with zero attached hydrogens (tertiary/aromatic N) is 1. The third kappa shape index (κ3) is 3.76. The van der Waals surface area contributed by atoms with Crippen molar-refractivity contribution in [3.63, 3.8) is 0 Å². The number of nitrogens with one attached hydrogen (secondary N) is 1. The molecule has 5 aliphatic carbocycles. The molecule has 1 aromatic rings. The number of hydrogen-bond acceptors (Lipinski definition) is 4. The van der Waals surface area contributed by atoms with E-state index in [0.29, 0.717) is 49.1 Å². The molecule has 0 radical (unpaired) electrons. The Labute approximate surface area is 184 Å². The topological polar surface area (TPSA) is 83.6 Å². The first-order valence-electron chi connectivity index (χ1n) is 11.4. The fourth-order valence-electron chi connectivity index (χ4n) is 6.16. The first kappa shape index (κ1) is 20.9. The Morgan fingerprint density at radius 1 is 1.10 bits per heavy atom. The molecular weight excluding hydrogens is 412 g/mol. The number of Topliss-reactive ketones (excluding diaryl/α,β-unsaturated/α-hetero) is 1. The van der Waals surface area contributed by atoms with Crippen LogP contribution in [0, 0.1) is 24.2 Å². The molecular formula is C24H30N2O4S. The second kappa shape index (κ2) is 7.55. The molecule has 7 heteroatoms. The van der Waals surface area contributed by atoms with Crippen LogP contribution in [0.1, 0.15) is 50.5 Å². The predicted molar refractivity (Wildman–Crippen MR) is 117 cm³/mol. The number of piperidine rings is 1. The molecule has 1 saturated heterocycles. The van der Waals surface area contributed by atoms with Crippen LogP contribution in [0.3, 0.4) is 0 Å². The minimum absolute atomic E-state index is 0.00473. The fraction of sp³-hybridized carbons (Fsp3) is 0.583. The van der Waals surface area contributed by atoms with Gasteiger partial charge in [-0.3, -0.25) is 9.59 Å². The second-order valence-electron chi connectivity index (χ2n) is 10.0. The Hall–Kier alpha value is -1.99. The Bertz CT molecular complexity index is 1020. The van der Waals surface area contributed by atoms with Gasteiger partial charge in [0.25, 0.3) is 5.91 Å². The van der Waals surface area contributed by atoms with E-state index < -0.39 is 15.9 Å². The summed E-state index contributed by atoms with van der Waals surface area (Å²) in [5.74, 6) is 0.502. The van der Waals surface area contributed by atoms with Gasteiger partial charge in [-0.15, -0.1) is 0 Å². The normalized spacial score (nSPS) is 30.4. The molecule has 7 rings (SSSR count). The van der Waals surface area contributed by atoms with Crippen LogP contribution in [0.15, 0.2) is 40.8 Å². The number of benzene rings is 1. The molecule has 1 aliphatic heterocycles. The first-order valence-corrected chi connectivity index (χ1v) is 12.8. The number of carbonyl (C=O) groups excluding carboxylic acids is 2. The summed E-state index contributed by atoms with van der Waals surface area (Å²) in [5.41, 5.74) is 2.61. The third-order valence-corrected chi connectivity index (χ3v) is 9.79. The highest BCUT2D eigenvalue weighted by Crippen LogP contribution is 2.63. The maximum Gasteiger partial charge on any atom is 0.287 e. The van der Waals surface area contributed by atoms with Gasteiger partial charge >= 0.3 is 0 Å². The summed E-state index contributed by atoms with van der Waals surface area (Å²) < 4.78 is 27.2. The van der Waals surface area contributed by atoms with Crippen molar-refractivity contribution in [2.45, 2.75) is 62.8 Å². The summed E-state index contributed by atoms with van der Waals surface area (Å²) in [4.78, 5) is 25.6. The number of rotatable bonds is 6. The fourth-order valence-corrected chi connectivity index (χ4v) is 7.63. The van der Waals surface area contributed by atoms with E-state index in [1.165, 1.54) is 10.7 Å². The van der Waals surface area contributed by atoms with E-state index in [1.807, 2.05) is 6.92 Å². The molecule has 6 nitrogen and oxygen atoms in total. The quantitative estimate of drug-likeness (QED) is 0.542. The van der Waals surface area contributed by atoms with E-state index in [0.717, 1.165) is 24.8 Å². The van der Waals surface area contributed by atoms with Crippen LogP contribution >= 0.6 is 0 Å². The Balaban J connectivity index is 1.14. The number of fused-ring (bicyclic) bond motifs is 1. The average molecular weight is 443 g/mol. The van der Waals surface area contributed by atoms with E-state index in [9.17, 15) is 18.0 Å². The molecule has 0 spiro atoms. The molecule has 166 valence electrons. The van der Waals surface area contributed by atoms with Gasteiger partial charge in [0.15, 0.2) is 0 Å². The van der Waals surface area contributed by atoms with Crippen LogP contribution in [-0.4, -0.2) is 43.5 Å². The largest absolute Gasteiger partial charge is 0.347 e. The molecule has 6 aliphatic rings. The maximum atomic E-state index is 12.8. The van der Waals surface area contributed by atoms with Crippen LogP contribution in [-0.2, 0) is 19.6 Å². The Morgan fingerprint density at radius 2 is 1.74 bits per heavy atom. The van der Waals surface area contributed by atoms with Gasteiger partial charge in [0, 0.05) is 25.6 Å². The lowest BCUT2D eigenvalue weighted by molar-refractivity contribution is -0.141. The van der Waals surface area contributed by atoms with Gasteiger partial charge in [-0.25, -0.2) is 8.42 Å². The summed E-state index contributed by atoms with van der Waals surface area (Å²) in [5, 5.41) is 2.88. The van der Waals surface area contributed by atoms with Gasteiger partial charge in [0.2, 0.25) is 15.8 Å². The second-order valence-corrected chi connectivity index (χ2v) is 11.9. The van der Waals surface area contributed by atoms with E-state index in [1.54, 1.807) is 29.8 Å². The number of allylic oxidation sites excluding steroid dienone is 2. The van der Waals surface area contributed by atoms with Gasteiger partial charge < -0.3 is 5.32 Å². The number of amides is 1. The Morgan fingerprint density at radius 3 is 2.35 bits per heavy atom. The highest BCUT2D eigenvalue weighted by molar-refractivity contribution is 7.89. The minimum atomic E-state index is -3.53. The zero-order chi connectivity index (χ0) is 21.8. The highest BCUT2D eigenvalue weighted by atomic mass is 32.2. The van der Waals surface area contributed by atoms with Crippen molar-refractivity contribution in [3.05, 3.63) is 41.5 Å². The van der Waals surface area contributed by atoms with E-state index >= 15 is 0 Å². The molecule has 2 unspecified atom stereocenters. The van der Waals surface area contributed by atoms with E-state index in [4.69, 9.17) is 0 Å². The molecule has 1 heterocycles. The van der Waals surface area contributed by atoms with Gasteiger partial charge in [0.05, 0.1) is 4.90 Å². The minimum Gasteiger partial charge on any atom is -0.347 e. The smallest absolute Gasteiger partial charge is 0.287 e.